The van der Waals surface area contributed by atoms with Crippen molar-refractivity contribution in [2.75, 3.05) is 0 Å². The highest BCUT2D eigenvalue weighted by Crippen LogP contribution is 2.30. The van der Waals surface area contributed by atoms with Crippen molar-refractivity contribution in [3.05, 3.63) is 34.4 Å². The van der Waals surface area contributed by atoms with Crippen molar-refractivity contribution in [3.8, 4) is 0 Å². The zero-order valence-corrected chi connectivity index (χ0v) is 10.3. The molecule has 1 heteroatoms. The van der Waals surface area contributed by atoms with Gasteiger partial charge in [0, 0.05) is 11.3 Å². The monoisotopic (exact) mass is 201 g/mol. The Bertz CT molecular complexity index is 439. The lowest BCUT2D eigenvalue weighted by atomic mass is 9.83. The van der Waals surface area contributed by atoms with Crippen LogP contribution < -0.4 is 0 Å². The van der Waals surface area contributed by atoms with Crippen molar-refractivity contribution < 1.29 is 0 Å². The molecule has 0 aromatic heterocycles. The number of rotatable bonds is 0. The van der Waals surface area contributed by atoms with Crippen molar-refractivity contribution in [3.63, 3.8) is 0 Å². The van der Waals surface area contributed by atoms with Gasteiger partial charge >= 0.3 is 0 Å². The van der Waals surface area contributed by atoms with E-state index in [4.69, 9.17) is 4.99 Å². The molecule has 1 aromatic rings. The number of benzene rings is 1. The predicted octanol–water partition coefficient (Wildman–Crippen LogP) is 3.45. The highest BCUT2D eigenvalue weighted by Gasteiger charge is 2.26. The first kappa shape index (κ1) is 10.4. The molecule has 1 aliphatic heterocycles. The number of nitrogens with zero attached hydrogens (tertiary/aromatic N) is 1. The fourth-order valence-corrected chi connectivity index (χ4v) is 2.58. The number of aliphatic imine (C=N–C) groups is 1. The number of hydrogen-bond donors (Lipinski definition) is 0. The maximum Gasteiger partial charge on any atom is 0.0596 e. The van der Waals surface area contributed by atoms with Crippen molar-refractivity contribution in [1.82, 2.24) is 0 Å². The minimum Gasteiger partial charge on any atom is -0.283 e. The summed E-state index contributed by atoms with van der Waals surface area (Å²) in [5.41, 5.74) is 6.89. The molecule has 0 amide bonds. The number of fused-ring (bicyclic) bond motifs is 1. The standard InChI is InChI=1S/C14H19N/c1-9-6-7-10(2)13-11(3)15-14(4,5)8-12(9)13/h6-7H,8H2,1-5H3. The van der Waals surface area contributed by atoms with Crippen LogP contribution in [-0.2, 0) is 6.42 Å². The summed E-state index contributed by atoms with van der Waals surface area (Å²) in [5.74, 6) is 0. The fourth-order valence-electron chi connectivity index (χ4n) is 2.58. The van der Waals surface area contributed by atoms with Gasteiger partial charge in [-0.05, 0) is 57.7 Å². The van der Waals surface area contributed by atoms with Crippen LogP contribution in [-0.4, -0.2) is 11.3 Å². The zero-order valence-electron chi connectivity index (χ0n) is 10.3. The molecule has 0 saturated heterocycles. The summed E-state index contributed by atoms with van der Waals surface area (Å²) in [6.07, 6.45) is 1.06. The summed E-state index contributed by atoms with van der Waals surface area (Å²) in [6.45, 7) is 10.9. The summed E-state index contributed by atoms with van der Waals surface area (Å²) in [6, 6.07) is 4.42. The lowest BCUT2D eigenvalue weighted by Gasteiger charge is -2.30. The van der Waals surface area contributed by atoms with Gasteiger partial charge in [-0.25, -0.2) is 0 Å². The highest BCUT2D eigenvalue weighted by atomic mass is 14.9. The van der Waals surface area contributed by atoms with Gasteiger partial charge in [0.05, 0.1) is 5.54 Å². The quantitative estimate of drug-likeness (QED) is 0.609. The first-order valence-electron chi connectivity index (χ1n) is 5.57. The van der Waals surface area contributed by atoms with Gasteiger partial charge in [0.15, 0.2) is 0 Å². The Balaban J connectivity index is 2.69. The smallest absolute Gasteiger partial charge is 0.0596 e. The van der Waals surface area contributed by atoms with Crippen molar-refractivity contribution in [2.45, 2.75) is 46.6 Å². The maximum absolute atomic E-state index is 4.77. The molecule has 0 radical (unpaired) electrons. The summed E-state index contributed by atoms with van der Waals surface area (Å²) in [5, 5.41) is 0. The Morgan fingerprint density at radius 3 is 2.33 bits per heavy atom. The Kier molecular flexibility index (Phi) is 2.22. The van der Waals surface area contributed by atoms with E-state index in [1.807, 2.05) is 0 Å². The molecule has 0 spiro atoms. The molecule has 80 valence electrons. The van der Waals surface area contributed by atoms with E-state index in [9.17, 15) is 0 Å². The van der Waals surface area contributed by atoms with Crippen molar-refractivity contribution >= 4 is 5.71 Å². The topological polar surface area (TPSA) is 12.4 Å². The van der Waals surface area contributed by atoms with Crippen LogP contribution in [0.1, 0.15) is 43.0 Å². The molecule has 0 aliphatic carbocycles. The van der Waals surface area contributed by atoms with Gasteiger partial charge < -0.3 is 0 Å². The van der Waals surface area contributed by atoms with E-state index >= 15 is 0 Å². The molecule has 0 fully saturated rings. The highest BCUT2D eigenvalue weighted by molar-refractivity contribution is 6.02. The van der Waals surface area contributed by atoms with Gasteiger partial charge in [-0.3, -0.25) is 4.99 Å². The third-order valence-electron chi connectivity index (χ3n) is 3.20. The van der Waals surface area contributed by atoms with E-state index in [2.05, 4.69) is 46.8 Å². The Morgan fingerprint density at radius 1 is 1.07 bits per heavy atom. The van der Waals surface area contributed by atoms with Crippen molar-refractivity contribution in [1.29, 1.82) is 0 Å². The second-order valence-corrected chi connectivity index (χ2v) is 5.24. The first-order chi connectivity index (χ1) is 6.91. The SMILES string of the molecule is CC1=NC(C)(C)Cc2c(C)ccc(C)c21. The Morgan fingerprint density at radius 2 is 1.67 bits per heavy atom. The van der Waals surface area contributed by atoms with E-state index in [0.29, 0.717) is 0 Å². The van der Waals surface area contributed by atoms with E-state index in [1.54, 1.807) is 0 Å². The minimum absolute atomic E-state index is 0.0651. The second kappa shape index (κ2) is 3.19. The lowest BCUT2D eigenvalue weighted by Crippen LogP contribution is -2.29. The first-order valence-corrected chi connectivity index (χ1v) is 5.57. The van der Waals surface area contributed by atoms with Crippen LogP contribution in [0.3, 0.4) is 0 Å². The Hall–Kier alpha value is -1.11. The molecular formula is C14H19N. The van der Waals surface area contributed by atoms with E-state index in [-0.39, 0.29) is 5.54 Å². The molecule has 0 bridgehead atoms. The van der Waals surface area contributed by atoms with Crippen LogP contribution in [0.4, 0.5) is 0 Å². The summed E-state index contributed by atoms with van der Waals surface area (Å²) < 4.78 is 0. The molecule has 0 unspecified atom stereocenters. The lowest BCUT2D eigenvalue weighted by molar-refractivity contribution is 0.511. The fraction of sp³-hybridized carbons (Fsp3) is 0.500. The van der Waals surface area contributed by atoms with Gasteiger partial charge in [-0.2, -0.15) is 0 Å². The third kappa shape index (κ3) is 1.71. The number of aryl methyl sites for hydroxylation is 2. The van der Waals surface area contributed by atoms with Crippen LogP contribution >= 0.6 is 0 Å². The molecule has 0 saturated carbocycles. The minimum atomic E-state index is 0.0651. The van der Waals surface area contributed by atoms with E-state index in [1.165, 1.54) is 28.0 Å². The third-order valence-corrected chi connectivity index (χ3v) is 3.20. The average molecular weight is 201 g/mol. The van der Waals surface area contributed by atoms with E-state index in [0.717, 1.165) is 6.42 Å². The van der Waals surface area contributed by atoms with Crippen LogP contribution in [0, 0.1) is 13.8 Å². The molecule has 0 N–H and O–H groups in total. The van der Waals surface area contributed by atoms with Crippen LogP contribution in [0.25, 0.3) is 0 Å². The molecule has 2 rings (SSSR count). The van der Waals surface area contributed by atoms with Crippen molar-refractivity contribution in [2.24, 2.45) is 4.99 Å². The summed E-state index contributed by atoms with van der Waals surface area (Å²) in [4.78, 5) is 4.77. The summed E-state index contributed by atoms with van der Waals surface area (Å²) >= 11 is 0. The maximum atomic E-state index is 4.77. The normalized spacial score (nSPS) is 18.3. The van der Waals surface area contributed by atoms with Crippen LogP contribution in [0.2, 0.25) is 0 Å². The molecule has 1 aromatic carbocycles. The van der Waals surface area contributed by atoms with Crippen LogP contribution in [0.15, 0.2) is 17.1 Å². The predicted molar refractivity (Wildman–Crippen MR) is 65.9 cm³/mol. The van der Waals surface area contributed by atoms with Gasteiger partial charge in [0.2, 0.25) is 0 Å². The molecule has 1 heterocycles. The molecular weight excluding hydrogens is 182 g/mol. The summed E-state index contributed by atoms with van der Waals surface area (Å²) in [7, 11) is 0. The van der Waals surface area contributed by atoms with E-state index < -0.39 is 0 Å². The Labute approximate surface area is 92.2 Å². The van der Waals surface area contributed by atoms with Gasteiger partial charge in [-0.15, -0.1) is 0 Å². The van der Waals surface area contributed by atoms with Gasteiger partial charge in [-0.1, -0.05) is 12.1 Å². The van der Waals surface area contributed by atoms with Gasteiger partial charge in [0.25, 0.3) is 0 Å². The second-order valence-electron chi connectivity index (χ2n) is 5.24. The molecule has 15 heavy (non-hydrogen) atoms. The largest absolute Gasteiger partial charge is 0.283 e. The molecule has 1 aliphatic rings. The zero-order chi connectivity index (χ0) is 11.2. The van der Waals surface area contributed by atoms with Crippen LogP contribution in [0.5, 0.6) is 0 Å². The average Bonchev–Trinajstić information content (AvgIpc) is 2.09. The molecule has 0 atom stereocenters. The molecule has 1 nitrogen and oxygen atoms in total. The number of hydrogen-bond acceptors (Lipinski definition) is 1. The van der Waals surface area contributed by atoms with Gasteiger partial charge in [0.1, 0.15) is 0 Å².